The van der Waals surface area contributed by atoms with Crippen LogP contribution in [0.1, 0.15) is 23.6 Å². The first-order valence-electron chi connectivity index (χ1n) is 8.97. The number of methoxy groups -OCH3 is 3. The van der Waals surface area contributed by atoms with Gasteiger partial charge in [0.25, 0.3) is 0 Å². The molecule has 0 amide bonds. The zero-order valence-electron chi connectivity index (χ0n) is 17.2. The van der Waals surface area contributed by atoms with Crippen molar-refractivity contribution >= 4 is 29.9 Å². The van der Waals surface area contributed by atoms with Crippen LogP contribution in [0.15, 0.2) is 41.4 Å². The smallest absolute Gasteiger partial charge is 0.191 e. The molecule has 28 heavy (non-hydrogen) atoms. The number of aryl methyl sites for hydroxylation is 1. The number of hydrogen-bond acceptors (Lipinski definition) is 4. The molecule has 0 bridgehead atoms. The third kappa shape index (κ3) is 6.78. The van der Waals surface area contributed by atoms with Crippen LogP contribution in [-0.2, 0) is 13.1 Å². The quantitative estimate of drug-likeness (QED) is 0.328. The molecule has 2 aromatic rings. The minimum Gasteiger partial charge on any atom is -0.496 e. The van der Waals surface area contributed by atoms with E-state index in [-0.39, 0.29) is 24.0 Å². The monoisotopic (exact) mass is 499 g/mol. The van der Waals surface area contributed by atoms with Crippen molar-refractivity contribution in [3.63, 3.8) is 0 Å². The molecule has 0 radical (unpaired) electrons. The van der Waals surface area contributed by atoms with E-state index in [2.05, 4.69) is 46.8 Å². The predicted molar refractivity (Wildman–Crippen MR) is 124 cm³/mol. The number of hydrogen-bond donors (Lipinski definition) is 2. The molecule has 0 aliphatic carbocycles. The summed E-state index contributed by atoms with van der Waals surface area (Å²) in [5.74, 6) is 2.78. The van der Waals surface area contributed by atoms with Crippen LogP contribution < -0.4 is 24.8 Å². The fourth-order valence-electron chi connectivity index (χ4n) is 2.62. The molecule has 6 nitrogen and oxygen atoms in total. The molecule has 0 aromatic heterocycles. The molecule has 0 heterocycles. The highest BCUT2D eigenvalue weighted by Gasteiger charge is 2.12. The van der Waals surface area contributed by atoms with E-state index >= 15 is 0 Å². The average Bonchev–Trinajstić information content (AvgIpc) is 2.70. The van der Waals surface area contributed by atoms with Crippen molar-refractivity contribution in [2.24, 2.45) is 4.99 Å². The van der Waals surface area contributed by atoms with Gasteiger partial charge in [0.2, 0.25) is 0 Å². The Hall–Kier alpha value is -2.16. The van der Waals surface area contributed by atoms with Gasteiger partial charge in [-0.15, -0.1) is 24.0 Å². The van der Waals surface area contributed by atoms with Crippen molar-refractivity contribution in [1.82, 2.24) is 10.6 Å². The number of aliphatic imine (C=N–C) groups is 1. The summed E-state index contributed by atoms with van der Waals surface area (Å²) < 4.78 is 16.2. The highest BCUT2D eigenvalue weighted by Crippen LogP contribution is 2.34. The van der Waals surface area contributed by atoms with E-state index in [1.807, 2.05) is 19.1 Å². The maximum Gasteiger partial charge on any atom is 0.191 e. The van der Waals surface area contributed by atoms with Gasteiger partial charge < -0.3 is 24.8 Å². The molecular formula is C21H30IN3O3. The lowest BCUT2D eigenvalue weighted by Gasteiger charge is -2.16. The van der Waals surface area contributed by atoms with Crippen LogP contribution in [0.4, 0.5) is 0 Å². The van der Waals surface area contributed by atoms with Gasteiger partial charge in [-0.3, -0.25) is 0 Å². The molecule has 2 N–H and O–H groups in total. The fourth-order valence-corrected chi connectivity index (χ4v) is 2.62. The summed E-state index contributed by atoms with van der Waals surface area (Å²) in [7, 11) is 4.87. The molecule has 0 aliphatic rings. The van der Waals surface area contributed by atoms with E-state index in [9.17, 15) is 0 Å². The Morgan fingerprint density at radius 2 is 1.50 bits per heavy atom. The van der Waals surface area contributed by atoms with Crippen LogP contribution >= 0.6 is 24.0 Å². The third-order valence-electron chi connectivity index (χ3n) is 4.12. The lowest BCUT2D eigenvalue weighted by Crippen LogP contribution is -2.36. The minimum atomic E-state index is 0. The summed E-state index contributed by atoms with van der Waals surface area (Å²) in [5.41, 5.74) is 3.37. The predicted octanol–water partition coefficient (Wildman–Crippen LogP) is 3.89. The van der Waals surface area contributed by atoms with Gasteiger partial charge in [-0.2, -0.15) is 0 Å². The topological polar surface area (TPSA) is 64.1 Å². The van der Waals surface area contributed by atoms with Gasteiger partial charge in [0.05, 0.1) is 27.9 Å². The summed E-state index contributed by atoms with van der Waals surface area (Å²) in [5, 5.41) is 6.61. The molecule has 0 fully saturated rings. The summed E-state index contributed by atoms with van der Waals surface area (Å²) >= 11 is 0. The average molecular weight is 499 g/mol. The second-order valence-electron chi connectivity index (χ2n) is 6.05. The van der Waals surface area contributed by atoms with Crippen molar-refractivity contribution < 1.29 is 14.2 Å². The molecule has 0 saturated heterocycles. The number of benzene rings is 2. The minimum absolute atomic E-state index is 0. The van der Waals surface area contributed by atoms with Crippen molar-refractivity contribution in [3.05, 3.63) is 53.1 Å². The molecule has 2 rings (SSSR count). The van der Waals surface area contributed by atoms with E-state index in [1.165, 1.54) is 11.1 Å². The summed E-state index contributed by atoms with van der Waals surface area (Å²) in [6.07, 6.45) is 0. The Morgan fingerprint density at radius 3 is 2.07 bits per heavy atom. The molecule has 0 aliphatic heterocycles. The summed E-state index contributed by atoms with van der Waals surface area (Å²) in [4.78, 5) is 4.66. The highest BCUT2D eigenvalue weighted by molar-refractivity contribution is 14.0. The van der Waals surface area contributed by atoms with E-state index in [4.69, 9.17) is 14.2 Å². The number of ether oxygens (including phenoxy) is 3. The molecular weight excluding hydrogens is 469 g/mol. The normalized spacial score (nSPS) is 10.7. The lowest BCUT2D eigenvalue weighted by atomic mass is 10.1. The molecule has 0 saturated carbocycles. The Labute approximate surface area is 184 Å². The second kappa shape index (κ2) is 12.3. The number of halogens is 1. The van der Waals surface area contributed by atoms with Crippen LogP contribution in [0.25, 0.3) is 0 Å². The highest BCUT2D eigenvalue weighted by atomic mass is 127. The van der Waals surface area contributed by atoms with Crippen molar-refractivity contribution in [2.45, 2.75) is 26.9 Å². The van der Waals surface area contributed by atoms with Gasteiger partial charge in [-0.25, -0.2) is 4.99 Å². The maximum absolute atomic E-state index is 5.48. The third-order valence-corrected chi connectivity index (χ3v) is 4.12. The molecule has 0 unspecified atom stereocenters. The lowest BCUT2D eigenvalue weighted by molar-refractivity contribution is 0.347. The molecule has 0 spiro atoms. The van der Waals surface area contributed by atoms with Crippen molar-refractivity contribution in [2.75, 3.05) is 27.9 Å². The molecule has 154 valence electrons. The fraction of sp³-hybridized carbons (Fsp3) is 0.381. The largest absolute Gasteiger partial charge is 0.496 e. The van der Waals surface area contributed by atoms with Crippen LogP contribution in [0.5, 0.6) is 17.2 Å². The zero-order chi connectivity index (χ0) is 19.6. The van der Waals surface area contributed by atoms with Crippen LogP contribution in [0.3, 0.4) is 0 Å². The molecule has 7 heteroatoms. The SMILES string of the molecule is CCNC(=NCc1ccc(C)cc1)NCc1cc(OC)c(OC)cc1OC.I. The first kappa shape index (κ1) is 23.9. The number of nitrogens with zero attached hydrogens (tertiary/aromatic N) is 1. The van der Waals surface area contributed by atoms with Crippen molar-refractivity contribution in [1.29, 1.82) is 0 Å². The molecule has 0 atom stereocenters. The van der Waals surface area contributed by atoms with E-state index < -0.39 is 0 Å². The second-order valence-corrected chi connectivity index (χ2v) is 6.05. The summed E-state index contributed by atoms with van der Waals surface area (Å²) in [6, 6.07) is 12.1. The van der Waals surface area contributed by atoms with Gasteiger partial charge in [-0.05, 0) is 25.5 Å². The van der Waals surface area contributed by atoms with Gasteiger partial charge in [0.15, 0.2) is 17.5 Å². The van der Waals surface area contributed by atoms with Gasteiger partial charge in [-0.1, -0.05) is 29.8 Å². The maximum atomic E-state index is 5.48. The summed E-state index contributed by atoms with van der Waals surface area (Å²) in [6.45, 7) is 6.06. The van der Waals surface area contributed by atoms with Crippen molar-refractivity contribution in [3.8, 4) is 17.2 Å². The first-order valence-corrected chi connectivity index (χ1v) is 8.97. The van der Waals surface area contributed by atoms with Crippen LogP contribution in [0.2, 0.25) is 0 Å². The first-order chi connectivity index (χ1) is 13.1. The number of nitrogens with one attached hydrogen (secondary N) is 2. The van der Waals surface area contributed by atoms with Gasteiger partial charge >= 0.3 is 0 Å². The van der Waals surface area contributed by atoms with Crippen LogP contribution in [-0.4, -0.2) is 33.8 Å². The number of guanidine groups is 1. The standard InChI is InChI=1S/C21H29N3O3.HI/c1-6-22-21(23-13-16-9-7-15(2)8-10-16)24-14-17-11-19(26-4)20(27-5)12-18(17)25-3;/h7-12H,6,13-14H2,1-5H3,(H2,22,23,24);1H. The van der Waals surface area contributed by atoms with Crippen LogP contribution in [0, 0.1) is 6.92 Å². The Morgan fingerprint density at radius 1 is 0.893 bits per heavy atom. The number of rotatable bonds is 8. The van der Waals surface area contributed by atoms with E-state index in [0.29, 0.717) is 24.6 Å². The van der Waals surface area contributed by atoms with Gasteiger partial charge in [0.1, 0.15) is 5.75 Å². The van der Waals surface area contributed by atoms with E-state index in [0.717, 1.165) is 23.8 Å². The Kier molecular flexibility index (Phi) is 10.5. The Balaban J connectivity index is 0.00000392. The zero-order valence-corrected chi connectivity index (χ0v) is 19.5. The molecule has 2 aromatic carbocycles. The van der Waals surface area contributed by atoms with E-state index in [1.54, 1.807) is 21.3 Å². The van der Waals surface area contributed by atoms with Gasteiger partial charge in [0, 0.05) is 24.7 Å². The Bertz CT molecular complexity index is 764.